The van der Waals surface area contributed by atoms with Crippen molar-refractivity contribution < 1.29 is 44.1 Å². The second kappa shape index (κ2) is 6.13. The average molecular weight is 403 g/mol. The average Bonchev–Trinajstić information content (AvgIpc) is 2.03. The maximum absolute atomic E-state index is 7.84. The molecule has 0 unspecified atom stereocenters. The molecule has 14 heavy (non-hydrogen) atoms. The standard InChI is InChI=1S/C12H18N.Ac/c1-8(2)10-5-6-11(9(3)4)12(13)7-10;/h5-9,13H,1-4H3;/q-1;. The van der Waals surface area contributed by atoms with Crippen LogP contribution in [0.15, 0.2) is 18.2 Å². The molecule has 0 aliphatic carbocycles. The topological polar surface area (TPSA) is 23.8 Å². The molecule has 1 aromatic carbocycles. The van der Waals surface area contributed by atoms with Crippen molar-refractivity contribution in [2.75, 3.05) is 0 Å². The van der Waals surface area contributed by atoms with Gasteiger partial charge in [-0.25, -0.2) is 0 Å². The van der Waals surface area contributed by atoms with E-state index in [2.05, 4.69) is 39.8 Å². The quantitative estimate of drug-likeness (QED) is 0.689. The van der Waals surface area contributed by atoms with Crippen molar-refractivity contribution in [3.05, 3.63) is 35.1 Å². The fourth-order valence-corrected chi connectivity index (χ4v) is 1.44. The van der Waals surface area contributed by atoms with E-state index in [-0.39, 0.29) is 44.1 Å². The van der Waals surface area contributed by atoms with Gasteiger partial charge in [-0.3, -0.25) is 0 Å². The Morgan fingerprint density at radius 1 is 1.00 bits per heavy atom. The Morgan fingerprint density at radius 3 is 1.93 bits per heavy atom. The molecule has 0 fully saturated rings. The molecule has 1 radical (unpaired) electrons. The minimum atomic E-state index is 0. The van der Waals surface area contributed by atoms with Crippen LogP contribution in [0, 0.1) is 44.1 Å². The van der Waals surface area contributed by atoms with Gasteiger partial charge in [0.1, 0.15) is 0 Å². The molecular weight excluding hydrogens is 385 g/mol. The fourth-order valence-electron chi connectivity index (χ4n) is 1.44. The van der Waals surface area contributed by atoms with E-state index in [0.717, 1.165) is 5.56 Å². The Hall–Kier alpha value is 0.462. The van der Waals surface area contributed by atoms with Crippen molar-refractivity contribution in [3.8, 4) is 0 Å². The zero-order chi connectivity index (χ0) is 10.0. The summed E-state index contributed by atoms with van der Waals surface area (Å²) in [4.78, 5) is 0. The summed E-state index contributed by atoms with van der Waals surface area (Å²) >= 11 is 0. The van der Waals surface area contributed by atoms with Crippen LogP contribution in [0.4, 0.5) is 5.69 Å². The monoisotopic (exact) mass is 403 g/mol. The van der Waals surface area contributed by atoms with Crippen LogP contribution >= 0.6 is 0 Å². The van der Waals surface area contributed by atoms with Crippen LogP contribution in [0.2, 0.25) is 0 Å². The first kappa shape index (κ1) is 14.5. The van der Waals surface area contributed by atoms with Gasteiger partial charge in [-0.15, -0.1) is 5.69 Å². The second-order valence-corrected chi connectivity index (χ2v) is 4.16. The summed E-state index contributed by atoms with van der Waals surface area (Å²) in [6.07, 6.45) is 0. The third kappa shape index (κ3) is 3.55. The SMILES string of the molecule is CC(C)c1ccc(C(C)C)c([NH-])c1.[Ac]. The maximum atomic E-state index is 7.84. The molecule has 1 N–H and O–H groups in total. The first-order chi connectivity index (χ1) is 6.02. The van der Waals surface area contributed by atoms with Crippen LogP contribution in [0.3, 0.4) is 0 Å². The van der Waals surface area contributed by atoms with Crippen LogP contribution in [-0.2, 0) is 0 Å². The predicted molar refractivity (Wildman–Crippen MR) is 58.6 cm³/mol. The summed E-state index contributed by atoms with van der Waals surface area (Å²) in [7, 11) is 0. The summed E-state index contributed by atoms with van der Waals surface area (Å²) in [6.45, 7) is 8.57. The van der Waals surface area contributed by atoms with Crippen LogP contribution in [0.5, 0.6) is 0 Å². The van der Waals surface area contributed by atoms with E-state index in [0.29, 0.717) is 17.5 Å². The first-order valence-electron chi connectivity index (χ1n) is 4.87. The van der Waals surface area contributed by atoms with Crippen LogP contribution < -0.4 is 0 Å². The van der Waals surface area contributed by atoms with Crippen LogP contribution in [0.1, 0.15) is 50.7 Å². The molecule has 1 rings (SSSR count). The molecule has 1 aromatic rings. The van der Waals surface area contributed by atoms with Gasteiger partial charge >= 0.3 is 0 Å². The van der Waals surface area contributed by atoms with E-state index >= 15 is 0 Å². The van der Waals surface area contributed by atoms with E-state index in [1.54, 1.807) is 0 Å². The van der Waals surface area contributed by atoms with Crippen molar-refractivity contribution in [1.29, 1.82) is 0 Å². The van der Waals surface area contributed by atoms with E-state index < -0.39 is 0 Å². The van der Waals surface area contributed by atoms with Gasteiger partial charge in [0.15, 0.2) is 0 Å². The fraction of sp³-hybridized carbons (Fsp3) is 0.500. The molecule has 0 amide bonds. The Balaban J connectivity index is 0.00000169. The molecule has 0 saturated carbocycles. The minimum absolute atomic E-state index is 0. The Kier molecular flexibility index (Phi) is 6.34. The van der Waals surface area contributed by atoms with Gasteiger partial charge < -0.3 is 5.73 Å². The van der Waals surface area contributed by atoms with Crippen molar-refractivity contribution in [1.82, 2.24) is 0 Å². The summed E-state index contributed by atoms with van der Waals surface area (Å²) in [5.41, 5.74) is 10.9. The molecule has 0 heterocycles. The first-order valence-corrected chi connectivity index (χ1v) is 4.87. The number of hydrogen-bond acceptors (Lipinski definition) is 0. The van der Waals surface area contributed by atoms with E-state index in [4.69, 9.17) is 5.73 Å². The van der Waals surface area contributed by atoms with Gasteiger partial charge in [-0.1, -0.05) is 51.5 Å². The Labute approximate surface area is 123 Å². The van der Waals surface area contributed by atoms with Crippen LogP contribution in [0.25, 0.3) is 5.73 Å². The number of rotatable bonds is 2. The van der Waals surface area contributed by atoms with E-state index in [1.807, 2.05) is 6.07 Å². The van der Waals surface area contributed by atoms with E-state index in [9.17, 15) is 0 Å². The molecule has 0 aliphatic heterocycles. The van der Waals surface area contributed by atoms with Gasteiger partial charge in [-0.2, -0.15) is 0 Å². The minimum Gasteiger partial charge on any atom is -0.698 e. The van der Waals surface area contributed by atoms with Gasteiger partial charge in [0.2, 0.25) is 0 Å². The zero-order valence-electron chi connectivity index (χ0n) is 9.46. The second-order valence-electron chi connectivity index (χ2n) is 4.16. The van der Waals surface area contributed by atoms with Crippen LogP contribution in [-0.4, -0.2) is 0 Å². The predicted octanol–water partition coefficient (Wildman–Crippen LogP) is 4.62. The van der Waals surface area contributed by atoms with Gasteiger partial charge in [0.25, 0.3) is 0 Å². The molecule has 75 valence electrons. The van der Waals surface area contributed by atoms with Crippen molar-refractivity contribution in [2.45, 2.75) is 39.5 Å². The Morgan fingerprint density at radius 2 is 1.57 bits per heavy atom. The van der Waals surface area contributed by atoms with Gasteiger partial charge in [0, 0.05) is 44.1 Å². The third-order valence-corrected chi connectivity index (χ3v) is 2.37. The van der Waals surface area contributed by atoms with Crippen molar-refractivity contribution in [2.24, 2.45) is 0 Å². The summed E-state index contributed by atoms with van der Waals surface area (Å²) < 4.78 is 0. The third-order valence-electron chi connectivity index (χ3n) is 2.37. The van der Waals surface area contributed by atoms with Crippen molar-refractivity contribution >= 4 is 5.69 Å². The summed E-state index contributed by atoms with van der Waals surface area (Å²) in [5, 5.41) is 0. The molecule has 0 atom stereocenters. The largest absolute Gasteiger partial charge is 0.698 e. The molecule has 0 saturated heterocycles. The zero-order valence-corrected chi connectivity index (χ0v) is 14.2. The summed E-state index contributed by atoms with van der Waals surface area (Å²) in [6, 6.07) is 6.21. The normalized spacial score (nSPS) is 10.4. The molecule has 1 nitrogen and oxygen atoms in total. The molecule has 0 aromatic heterocycles. The molecule has 0 aliphatic rings. The van der Waals surface area contributed by atoms with Crippen molar-refractivity contribution in [3.63, 3.8) is 0 Å². The maximum Gasteiger partial charge on any atom is 0 e. The Bertz CT molecular complexity index is 292. The molecule has 0 spiro atoms. The van der Waals surface area contributed by atoms with Gasteiger partial charge in [0.05, 0.1) is 0 Å². The number of benzene rings is 1. The smallest absolute Gasteiger partial charge is 0 e. The number of nitrogens with one attached hydrogen (secondary N) is 1. The molecule has 2 heteroatoms. The van der Waals surface area contributed by atoms with Gasteiger partial charge in [-0.05, 0) is 17.4 Å². The summed E-state index contributed by atoms with van der Waals surface area (Å²) in [5.74, 6) is 0.971. The molecular formula is C12H18AcN-. The number of hydrogen-bond donors (Lipinski definition) is 0. The molecule has 0 bridgehead atoms. The van der Waals surface area contributed by atoms with E-state index in [1.165, 1.54) is 5.56 Å².